The van der Waals surface area contributed by atoms with Crippen LogP contribution in [0.25, 0.3) is 0 Å². The van der Waals surface area contributed by atoms with E-state index in [-0.39, 0.29) is 0 Å². The van der Waals surface area contributed by atoms with Crippen LogP contribution in [0.3, 0.4) is 0 Å². The van der Waals surface area contributed by atoms with Crippen molar-refractivity contribution >= 4 is 5.82 Å². The van der Waals surface area contributed by atoms with Gasteiger partial charge in [0.2, 0.25) is 0 Å². The number of rotatable bonds is 7. The van der Waals surface area contributed by atoms with Gasteiger partial charge in [-0.25, -0.2) is 9.97 Å². The first-order chi connectivity index (χ1) is 9.63. The van der Waals surface area contributed by atoms with Gasteiger partial charge in [0, 0.05) is 18.3 Å². The van der Waals surface area contributed by atoms with Crippen LogP contribution in [0.15, 0.2) is 12.4 Å². The van der Waals surface area contributed by atoms with Crippen molar-refractivity contribution < 1.29 is 0 Å². The lowest BCUT2D eigenvalue weighted by Crippen LogP contribution is -2.28. The van der Waals surface area contributed by atoms with E-state index in [0.717, 1.165) is 36.8 Å². The van der Waals surface area contributed by atoms with Gasteiger partial charge in [-0.15, -0.1) is 0 Å². The van der Waals surface area contributed by atoms with Gasteiger partial charge in [-0.05, 0) is 37.0 Å². The van der Waals surface area contributed by atoms with Crippen molar-refractivity contribution in [1.82, 2.24) is 9.97 Å². The maximum atomic E-state index is 4.37. The lowest BCUT2D eigenvalue weighted by atomic mass is 9.78. The van der Waals surface area contributed by atoms with Crippen LogP contribution in [-0.4, -0.2) is 16.5 Å². The molecule has 1 aliphatic rings. The molecule has 1 aromatic heterocycles. The van der Waals surface area contributed by atoms with Crippen LogP contribution in [0.4, 0.5) is 5.82 Å². The average Bonchev–Trinajstić information content (AvgIpc) is 2.85. The molecule has 0 amide bonds. The van der Waals surface area contributed by atoms with Crippen LogP contribution in [0.2, 0.25) is 0 Å². The van der Waals surface area contributed by atoms with E-state index in [0.29, 0.717) is 5.41 Å². The molecule has 1 heterocycles. The van der Waals surface area contributed by atoms with E-state index >= 15 is 0 Å². The van der Waals surface area contributed by atoms with Gasteiger partial charge in [-0.2, -0.15) is 0 Å². The highest BCUT2D eigenvalue weighted by molar-refractivity contribution is 5.35. The zero-order chi connectivity index (χ0) is 14.4. The first-order valence-electron chi connectivity index (χ1n) is 8.18. The van der Waals surface area contributed by atoms with Crippen molar-refractivity contribution in [3.8, 4) is 0 Å². The number of anilines is 1. The highest BCUT2D eigenvalue weighted by Gasteiger charge is 2.34. The minimum absolute atomic E-state index is 0.490. The first kappa shape index (κ1) is 15.3. The summed E-state index contributed by atoms with van der Waals surface area (Å²) in [5, 5.41) is 3.58. The predicted molar refractivity (Wildman–Crippen MR) is 84.9 cm³/mol. The molecule has 3 nitrogen and oxygen atoms in total. The molecule has 112 valence electrons. The van der Waals surface area contributed by atoms with Gasteiger partial charge in [0.05, 0.1) is 0 Å². The number of hydrogen-bond acceptors (Lipinski definition) is 3. The van der Waals surface area contributed by atoms with E-state index in [9.17, 15) is 0 Å². The summed E-state index contributed by atoms with van der Waals surface area (Å²) in [5.74, 6) is 1.77. The number of aryl methyl sites for hydroxylation is 1. The molecule has 1 aliphatic carbocycles. The van der Waals surface area contributed by atoms with Gasteiger partial charge in [-0.1, -0.05) is 40.0 Å². The Labute approximate surface area is 123 Å². The van der Waals surface area contributed by atoms with Gasteiger partial charge in [0.25, 0.3) is 0 Å². The van der Waals surface area contributed by atoms with Gasteiger partial charge in [0.15, 0.2) is 0 Å². The second-order valence-corrected chi connectivity index (χ2v) is 6.80. The van der Waals surface area contributed by atoms with E-state index in [1.165, 1.54) is 32.1 Å². The van der Waals surface area contributed by atoms with E-state index in [4.69, 9.17) is 0 Å². The van der Waals surface area contributed by atoms with Crippen molar-refractivity contribution in [2.75, 3.05) is 11.9 Å². The molecule has 0 unspecified atom stereocenters. The van der Waals surface area contributed by atoms with Crippen molar-refractivity contribution in [3.05, 3.63) is 18.1 Å². The van der Waals surface area contributed by atoms with Gasteiger partial charge in [0.1, 0.15) is 12.1 Å². The minimum atomic E-state index is 0.490. The van der Waals surface area contributed by atoms with Crippen molar-refractivity contribution in [1.29, 1.82) is 0 Å². The number of aromatic nitrogens is 2. The molecule has 0 aromatic carbocycles. The maximum absolute atomic E-state index is 4.37. The van der Waals surface area contributed by atoms with Crippen LogP contribution in [0.5, 0.6) is 0 Å². The Morgan fingerprint density at radius 2 is 2.00 bits per heavy atom. The standard InChI is InChI=1S/C17H29N3/c1-4-7-15-10-16(20-13-19-15)18-12-17(11-14(2)3)8-5-6-9-17/h10,13-14H,4-9,11-12H2,1-3H3,(H,18,19,20). The topological polar surface area (TPSA) is 37.8 Å². The normalized spacial score (nSPS) is 17.6. The van der Waals surface area contributed by atoms with Gasteiger partial charge < -0.3 is 5.32 Å². The molecule has 0 spiro atoms. The zero-order valence-corrected chi connectivity index (χ0v) is 13.3. The third-order valence-corrected chi connectivity index (χ3v) is 4.38. The summed E-state index contributed by atoms with van der Waals surface area (Å²) in [7, 11) is 0. The highest BCUT2D eigenvalue weighted by Crippen LogP contribution is 2.43. The largest absolute Gasteiger partial charge is 0.369 e. The van der Waals surface area contributed by atoms with Gasteiger partial charge >= 0.3 is 0 Å². The number of hydrogen-bond donors (Lipinski definition) is 1. The summed E-state index contributed by atoms with van der Waals surface area (Å²) < 4.78 is 0. The van der Waals surface area contributed by atoms with Crippen molar-refractivity contribution in [2.24, 2.45) is 11.3 Å². The third kappa shape index (κ3) is 4.19. The Balaban J connectivity index is 1.97. The quantitative estimate of drug-likeness (QED) is 0.799. The van der Waals surface area contributed by atoms with Gasteiger partial charge in [-0.3, -0.25) is 0 Å². The summed E-state index contributed by atoms with van der Waals surface area (Å²) in [6, 6.07) is 2.11. The Morgan fingerprint density at radius 1 is 1.25 bits per heavy atom. The zero-order valence-electron chi connectivity index (χ0n) is 13.3. The summed E-state index contributed by atoms with van der Waals surface area (Å²) in [4.78, 5) is 8.69. The highest BCUT2D eigenvalue weighted by atomic mass is 15.0. The lowest BCUT2D eigenvalue weighted by molar-refractivity contribution is 0.252. The van der Waals surface area contributed by atoms with Crippen LogP contribution >= 0.6 is 0 Å². The molecule has 0 radical (unpaired) electrons. The van der Waals surface area contributed by atoms with Crippen molar-refractivity contribution in [3.63, 3.8) is 0 Å². The van der Waals surface area contributed by atoms with Crippen LogP contribution in [0.1, 0.15) is 65.0 Å². The third-order valence-electron chi connectivity index (χ3n) is 4.38. The molecular weight excluding hydrogens is 246 g/mol. The van der Waals surface area contributed by atoms with E-state index in [1.807, 2.05) is 0 Å². The van der Waals surface area contributed by atoms with Crippen LogP contribution < -0.4 is 5.32 Å². The minimum Gasteiger partial charge on any atom is -0.369 e. The summed E-state index contributed by atoms with van der Waals surface area (Å²) >= 11 is 0. The molecule has 20 heavy (non-hydrogen) atoms. The van der Waals surface area contributed by atoms with Crippen molar-refractivity contribution in [2.45, 2.75) is 65.7 Å². The maximum Gasteiger partial charge on any atom is 0.129 e. The molecule has 1 aromatic rings. The Hall–Kier alpha value is -1.12. The molecule has 0 atom stereocenters. The lowest BCUT2D eigenvalue weighted by Gasteiger charge is -2.31. The predicted octanol–water partition coefficient (Wildman–Crippen LogP) is 4.45. The molecule has 1 saturated carbocycles. The summed E-state index contributed by atoms with van der Waals surface area (Å²) in [6.45, 7) is 7.92. The number of nitrogens with zero attached hydrogens (tertiary/aromatic N) is 2. The monoisotopic (exact) mass is 275 g/mol. The SMILES string of the molecule is CCCc1cc(NCC2(CC(C)C)CCCC2)ncn1. The number of nitrogens with one attached hydrogen (secondary N) is 1. The molecule has 3 heteroatoms. The molecule has 1 fully saturated rings. The summed E-state index contributed by atoms with van der Waals surface area (Å²) in [6.07, 6.45) is 10.7. The fourth-order valence-electron chi connectivity index (χ4n) is 3.61. The van der Waals surface area contributed by atoms with E-state index in [1.54, 1.807) is 6.33 Å². The van der Waals surface area contributed by atoms with E-state index < -0.39 is 0 Å². The molecule has 1 N–H and O–H groups in total. The first-order valence-corrected chi connectivity index (χ1v) is 8.18. The van der Waals surface area contributed by atoms with E-state index in [2.05, 4.69) is 42.1 Å². The average molecular weight is 275 g/mol. The molecular formula is C17H29N3. The Morgan fingerprint density at radius 3 is 2.65 bits per heavy atom. The second-order valence-electron chi connectivity index (χ2n) is 6.80. The Bertz CT molecular complexity index is 408. The smallest absolute Gasteiger partial charge is 0.129 e. The van der Waals surface area contributed by atoms with Crippen LogP contribution in [-0.2, 0) is 6.42 Å². The molecule has 2 rings (SSSR count). The summed E-state index contributed by atoms with van der Waals surface area (Å²) in [5.41, 5.74) is 1.64. The molecule has 0 saturated heterocycles. The Kier molecular flexibility index (Phi) is 5.38. The fourth-order valence-corrected chi connectivity index (χ4v) is 3.61. The fraction of sp³-hybridized carbons (Fsp3) is 0.765. The molecule has 0 aliphatic heterocycles. The second kappa shape index (κ2) is 7.05. The molecule has 0 bridgehead atoms. The van der Waals surface area contributed by atoms with Crippen LogP contribution in [0, 0.1) is 11.3 Å².